The number of aromatic nitrogens is 2. The molecule has 2 aromatic heterocycles. The molecule has 0 unspecified atom stereocenters. The van der Waals surface area contributed by atoms with Gasteiger partial charge in [0.15, 0.2) is 5.76 Å². The fraction of sp³-hybridized carbons (Fsp3) is 0.286. The second kappa shape index (κ2) is 9.27. The van der Waals surface area contributed by atoms with Crippen molar-refractivity contribution < 1.29 is 28.9 Å². The van der Waals surface area contributed by atoms with Gasteiger partial charge in [-0.3, -0.25) is 14.7 Å². The molecular weight excluding hydrogens is 392 g/mol. The Morgan fingerprint density at radius 1 is 1.30 bits per heavy atom. The van der Waals surface area contributed by atoms with Crippen LogP contribution in [0.25, 0.3) is 11.3 Å². The summed E-state index contributed by atoms with van der Waals surface area (Å²) in [6.45, 7) is 1.32. The number of aliphatic hydroxyl groups is 1. The highest BCUT2D eigenvalue weighted by atomic mass is 16.5. The van der Waals surface area contributed by atoms with Crippen molar-refractivity contribution in [3.8, 4) is 22.8 Å². The van der Waals surface area contributed by atoms with Crippen LogP contribution in [0.4, 0.5) is 0 Å². The van der Waals surface area contributed by atoms with Gasteiger partial charge in [0.1, 0.15) is 18.1 Å². The molecule has 0 spiro atoms. The van der Waals surface area contributed by atoms with Crippen LogP contribution in [0.2, 0.25) is 0 Å². The number of aromatic hydroxyl groups is 1. The predicted octanol–water partition coefficient (Wildman–Crippen LogP) is 2.32. The van der Waals surface area contributed by atoms with E-state index in [9.17, 15) is 19.8 Å². The SMILES string of the molecule is CCOC(=O)C[C@@H](c1cn[nH]c1-c1ccc(OC)cc1)c1oc(CO)cc(=O)c1O. The van der Waals surface area contributed by atoms with Crippen molar-refractivity contribution in [2.24, 2.45) is 0 Å². The van der Waals surface area contributed by atoms with Crippen molar-refractivity contribution in [1.82, 2.24) is 10.2 Å². The monoisotopic (exact) mass is 414 g/mol. The number of hydrogen-bond acceptors (Lipinski definition) is 8. The molecule has 0 bridgehead atoms. The summed E-state index contributed by atoms with van der Waals surface area (Å²) in [6.07, 6.45) is 1.29. The summed E-state index contributed by atoms with van der Waals surface area (Å²) in [5.74, 6) is -1.56. The predicted molar refractivity (Wildman–Crippen MR) is 106 cm³/mol. The minimum absolute atomic E-state index is 0.0313. The molecule has 3 rings (SSSR count). The Bertz CT molecular complexity index is 1070. The van der Waals surface area contributed by atoms with Crippen LogP contribution in [-0.4, -0.2) is 40.1 Å². The highest BCUT2D eigenvalue weighted by Crippen LogP contribution is 2.38. The molecule has 0 aliphatic carbocycles. The van der Waals surface area contributed by atoms with Crippen LogP contribution >= 0.6 is 0 Å². The highest BCUT2D eigenvalue weighted by molar-refractivity contribution is 5.73. The van der Waals surface area contributed by atoms with E-state index in [4.69, 9.17) is 13.9 Å². The smallest absolute Gasteiger partial charge is 0.306 e. The van der Waals surface area contributed by atoms with Gasteiger partial charge in [0.05, 0.1) is 37.9 Å². The molecular formula is C21H22N2O7. The number of H-pyrrole nitrogens is 1. The number of aromatic amines is 1. The number of benzene rings is 1. The first kappa shape index (κ1) is 21.1. The number of aliphatic hydroxyl groups excluding tert-OH is 1. The van der Waals surface area contributed by atoms with Gasteiger partial charge < -0.3 is 24.1 Å². The van der Waals surface area contributed by atoms with Crippen molar-refractivity contribution >= 4 is 5.97 Å². The van der Waals surface area contributed by atoms with Crippen LogP contribution in [0.5, 0.6) is 11.5 Å². The molecule has 0 aliphatic rings. The molecule has 2 heterocycles. The fourth-order valence-corrected chi connectivity index (χ4v) is 3.15. The second-order valence-corrected chi connectivity index (χ2v) is 6.44. The maximum absolute atomic E-state index is 12.3. The lowest BCUT2D eigenvalue weighted by atomic mass is 9.90. The van der Waals surface area contributed by atoms with Gasteiger partial charge in [-0.05, 0) is 31.2 Å². The van der Waals surface area contributed by atoms with Crippen LogP contribution < -0.4 is 10.2 Å². The molecule has 1 aromatic carbocycles. The molecule has 0 amide bonds. The van der Waals surface area contributed by atoms with Gasteiger partial charge in [-0.15, -0.1) is 0 Å². The number of rotatable bonds is 8. The van der Waals surface area contributed by atoms with E-state index < -0.39 is 29.7 Å². The van der Waals surface area contributed by atoms with E-state index in [0.717, 1.165) is 11.6 Å². The molecule has 0 saturated heterocycles. The molecule has 9 nitrogen and oxygen atoms in total. The van der Waals surface area contributed by atoms with Gasteiger partial charge >= 0.3 is 5.97 Å². The number of ether oxygens (including phenoxy) is 2. The van der Waals surface area contributed by atoms with Crippen LogP contribution in [0.3, 0.4) is 0 Å². The Morgan fingerprint density at radius 2 is 2.03 bits per heavy atom. The summed E-state index contributed by atoms with van der Waals surface area (Å²) in [6, 6.07) is 8.14. The van der Waals surface area contributed by atoms with E-state index in [2.05, 4.69) is 10.2 Å². The lowest BCUT2D eigenvalue weighted by Gasteiger charge is -2.17. The minimum atomic E-state index is -0.876. The normalized spacial score (nSPS) is 11.8. The van der Waals surface area contributed by atoms with Gasteiger partial charge in [-0.2, -0.15) is 5.10 Å². The molecule has 0 aliphatic heterocycles. The Hall–Kier alpha value is -3.59. The van der Waals surface area contributed by atoms with Gasteiger partial charge in [0, 0.05) is 17.2 Å². The van der Waals surface area contributed by atoms with Crippen molar-refractivity contribution in [2.75, 3.05) is 13.7 Å². The molecule has 0 radical (unpaired) electrons. The van der Waals surface area contributed by atoms with Crippen molar-refractivity contribution in [1.29, 1.82) is 0 Å². The van der Waals surface area contributed by atoms with Gasteiger partial charge in [-0.25, -0.2) is 0 Å². The van der Waals surface area contributed by atoms with Crippen molar-refractivity contribution in [3.63, 3.8) is 0 Å². The maximum atomic E-state index is 12.3. The third-order valence-electron chi connectivity index (χ3n) is 4.57. The van der Waals surface area contributed by atoms with Crippen LogP contribution in [0.15, 0.2) is 45.7 Å². The average Bonchev–Trinajstić information content (AvgIpc) is 3.24. The Kier molecular flexibility index (Phi) is 6.53. The highest BCUT2D eigenvalue weighted by Gasteiger charge is 2.30. The number of carbonyl (C=O) groups excluding carboxylic acids is 1. The fourth-order valence-electron chi connectivity index (χ4n) is 3.15. The molecule has 3 aromatic rings. The third kappa shape index (κ3) is 4.36. The summed E-state index contributed by atoms with van der Waals surface area (Å²) >= 11 is 0. The molecule has 158 valence electrons. The summed E-state index contributed by atoms with van der Waals surface area (Å²) in [4.78, 5) is 24.4. The number of nitrogens with one attached hydrogen (secondary N) is 1. The first-order valence-corrected chi connectivity index (χ1v) is 9.28. The maximum Gasteiger partial charge on any atom is 0.306 e. The van der Waals surface area contributed by atoms with E-state index >= 15 is 0 Å². The lowest BCUT2D eigenvalue weighted by molar-refractivity contribution is -0.143. The topological polar surface area (TPSA) is 135 Å². The minimum Gasteiger partial charge on any atom is -0.502 e. The number of nitrogens with zero attached hydrogens (tertiary/aromatic N) is 1. The quantitative estimate of drug-likeness (QED) is 0.478. The molecule has 9 heteroatoms. The standard InChI is InChI=1S/C21H22N2O7/c1-3-29-18(26)9-15(21-20(27)17(25)8-14(11-24)30-21)16-10-22-23-19(16)12-4-6-13(28-2)7-5-12/h4-8,10,15,24,27H,3,9,11H2,1-2H3,(H,22,23)/t15-/m0/s1. The molecule has 1 atom stereocenters. The van der Waals surface area contributed by atoms with Crippen molar-refractivity contribution in [3.05, 3.63) is 63.8 Å². The van der Waals surface area contributed by atoms with E-state index in [1.807, 2.05) is 0 Å². The Balaban J connectivity index is 2.13. The number of hydrogen-bond donors (Lipinski definition) is 3. The first-order chi connectivity index (χ1) is 14.5. The Labute approximate surface area is 171 Å². The van der Waals surface area contributed by atoms with Crippen LogP contribution in [0, 0.1) is 0 Å². The zero-order valence-electron chi connectivity index (χ0n) is 16.5. The zero-order chi connectivity index (χ0) is 21.7. The first-order valence-electron chi connectivity index (χ1n) is 9.28. The largest absolute Gasteiger partial charge is 0.502 e. The van der Waals surface area contributed by atoms with E-state index in [-0.39, 0.29) is 24.5 Å². The molecule has 30 heavy (non-hydrogen) atoms. The van der Waals surface area contributed by atoms with Crippen LogP contribution in [-0.2, 0) is 16.1 Å². The summed E-state index contributed by atoms with van der Waals surface area (Å²) in [7, 11) is 1.56. The Morgan fingerprint density at radius 3 is 2.67 bits per heavy atom. The van der Waals surface area contributed by atoms with Crippen molar-refractivity contribution in [2.45, 2.75) is 25.9 Å². The van der Waals surface area contributed by atoms with Crippen LogP contribution in [0.1, 0.15) is 36.3 Å². The summed E-state index contributed by atoms with van der Waals surface area (Å²) in [5.41, 5.74) is 1.12. The van der Waals surface area contributed by atoms with E-state index in [0.29, 0.717) is 17.0 Å². The molecule has 0 fully saturated rings. The summed E-state index contributed by atoms with van der Waals surface area (Å²) < 4.78 is 15.8. The van der Waals surface area contributed by atoms with E-state index in [1.54, 1.807) is 38.3 Å². The van der Waals surface area contributed by atoms with E-state index in [1.165, 1.54) is 6.20 Å². The third-order valence-corrected chi connectivity index (χ3v) is 4.57. The second-order valence-electron chi connectivity index (χ2n) is 6.44. The summed E-state index contributed by atoms with van der Waals surface area (Å²) in [5, 5.41) is 26.7. The van der Waals surface area contributed by atoms with Gasteiger partial charge in [0.2, 0.25) is 11.2 Å². The average molecular weight is 414 g/mol. The molecule has 0 saturated carbocycles. The van der Waals surface area contributed by atoms with Gasteiger partial charge in [-0.1, -0.05) is 0 Å². The number of esters is 1. The zero-order valence-corrected chi connectivity index (χ0v) is 16.5. The molecule has 3 N–H and O–H groups in total. The number of carbonyl (C=O) groups is 1. The number of methoxy groups -OCH3 is 1. The lowest BCUT2D eigenvalue weighted by Crippen LogP contribution is -2.15. The van der Waals surface area contributed by atoms with Gasteiger partial charge in [0.25, 0.3) is 0 Å².